The van der Waals surface area contributed by atoms with Gasteiger partial charge in [0.15, 0.2) is 0 Å². The Labute approximate surface area is 129 Å². The highest BCUT2D eigenvalue weighted by molar-refractivity contribution is 5.95. The van der Waals surface area contributed by atoms with Gasteiger partial charge < -0.3 is 4.74 Å². The number of rotatable bonds is 2. The van der Waals surface area contributed by atoms with E-state index in [1.807, 2.05) is 13.8 Å². The smallest absolute Gasteiger partial charge is 0.426 e. The van der Waals surface area contributed by atoms with Crippen molar-refractivity contribution in [2.75, 3.05) is 0 Å². The van der Waals surface area contributed by atoms with E-state index in [2.05, 4.69) is 10.9 Å². The lowest BCUT2D eigenvalue weighted by atomic mass is 10.2. The van der Waals surface area contributed by atoms with Crippen LogP contribution in [0.15, 0.2) is 24.3 Å². The maximum Gasteiger partial charge on any atom is 0.426 e. The second kappa shape index (κ2) is 8.60. The first-order valence-electron chi connectivity index (χ1n) is 6.73. The van der Waals surface area contributed by atoms with Gasteiger partial charge >= 0.3 is 6.09 Å². The lowest BCUT2D eigenvalue weighted by molar-refractivity contribution is -0.384. The number of nitro benzene ring substituents is 1. The fourth-order valence-electron chi connectivity index (χ4n) is 1.24. The number of hydrogen-bond acceptors (Lipinski definition) is 5. The summed E-state index contributed by atoms with van der Waals surface area (Å²) in [5, 5.41) is 10.6. The highest BCUT2D eigenvalue weighted by Crippen LogP contribution is 2.12. The minimum atomic E-state index is -0.823. The Morgan fingerprint density at radius 3 is 2.27 bits per heavy atom. The van der Waals surface area contributed by atoms with Crippen molar-refractivity contribution in [2.24, 2.45) is 0 Å². The van der Waals surface area contributed by atoms with E-state index in [1.54, 1.807) is 20.8 Å². The van der Waals surface area contributed by atoms with Crippen LogP contribution >= 0.6 is 0 Å². The zero-order valence-electron chi connectivity index (χ0n) is 13.3. The van der Waals surface area contributed by atoms with Gasteiger partial charge in [0, 0.05) is 17.7 Å². The maximum atomic E-state index is 11.7. The molecule has 1 aromatic carbocycles. The van der Waals surface area contributed by atoms with E-state index in [1.165, 1.54) is 18.2 Å². The Morgan fingerprint density at radius 2 is 1.77 bits per heavy atom. The summed E-state index contributed by atoms with van der Waals surface area (Å²) < 4.78 is 4.91. The van der Waals surface area contributed by atoms with E-state index in [0.29, 0.717) is 0 Å². The van der Waals surface area contributed by atoms with Crippen LogP contribution in [0.5, 0.6) is 0 Å². The minimum Gasteiger partial charge on any atom is -0.443 e. The predicted molar refractivity (Wildman–Crippen MR) is 81.3 cm³/mol. The van der Waals surface area contributed by atoms with E-state index in [-0.39, 0.29) is 11.3 Å². The van der Waals surface area contributed by atoms with E-state index in [9.17, 15) is 19.7 Å². The number of carbonyl (C=O) groups is 2. The predicted octanol–water partition coefficient (Wildman–Crippen LogP) is 2.79. The van der Waals surface area contributed by atoms with Crippen molar-refractivity contribution in [3.05, 3.63) is 39.9 Å². The number of non-ortho nitro benzene ring substituents is 1. The summed E-state index contributed by atoms with van der Waals surface area (Å²) in [4.78, 5) is 33.0. The Hall–Kier alpha value is -2.64. The van der Waals surface area contributed by atoms with Gasteiger partial charge in [0.05, 0.1) is 4.92 Å². The van der Waals surface area contributed by atoms with E-state index in [4.69, 9.17) is 4.74 Å². The molecule has 0 saturated heterocycles. The average molecular weight is 311 g/mol. The van der Waals surface area contributed by atoms with Crippen molar-refractivity contribution in [3.8, 4) is 0 Å². The summed E-state index contributed by atoms with van der Waals surface area (Å²) >= 11 is 0. The second-order valence-corrected chi connectivity index (χ2v) is 4.89. The third kappa shape index (κ3) is 7.22. The summed E-state index contributed by atoms with van der Waals surface area (Å²) in [7, 11) is 0. The van der Waals surface area contributed by atoms with Crippen LogP contribution in [0.3, 0.4) is 0 Å². The molecule has 2 N–H and O–H groups in total. The van der Waals surface area contributed by atoms with E-state index >= 15 is 0 Å². The molecule has 0 unspecified atom stereocenters. The number of nitro groups is 1. The van der Waals surface area contributed by atoms with Gasteiger partial charge in [-0.15, -0.1) is 0 Å². The van der Waals surface area contributed by atoms with Crippen molar-refractivity contribution >= 4 is 17.7 Å². The van der Waals surface area contributed by atoms with Crippen LogP contribution in [0.1, 0.15) is 45.0 Å². The monoisotopic (exact) mass is 311 g/mol. The highest BCUT2D eigenvalue weighted by Gasteiger charge is 2.17. The first kappa shape index (κ1) is 19.4. The minimum absolute atomic E-state index is 0.0512. The van der Waals surface area contributed by atoms with Crippen molar-refractivity contribution < 1.29 is 19.2 Å². The lowest BCUT2D eigenvalue weighted by Crippen LogP contribution is -2.44. The van der Waals surface area contributed by atoms with Crippen LogP contribution in [-0.4, -0.2) is 22.5 Å². The van der Waals surface area contributed by atoms with Crippen molar-refractivity contribution in [1.82, 2.24) is 10.9 Å². The molecule has 0 aliphatic carbocycles. The van der Waals surface area contributed by atoms with Gasteiger partial charge in [-0.05, 0) is 26.8 Å². The van der Waals surface area contributed by atoms with Crippen molar-refractivity contribution in [3.63, 3.8) is 0 Å². The molecule has 8 nitrogen and oxygen atoms in total. The molecule has 0 aliphatic rings. The lowest BCUT2D eigenvalue weighted by Gasteiger charge is -2.19. The molecule has 0 aromatic heterocycles. The number of ether oxygens (including phenoxy) is 1. The molecule has 122 valence electrons. The molecule has 0 saturated carbocycles. The average Bonchev–Trinajstić information content (AvgIpc) is 2.45. The zero-order chi connectivity index (χ0) is 17.3. The number of hydrazine groups is 1. The van der Waals surface area contributed by atoms with Gasteiger partial charge in [-0.2, -0.15) is 0 Å². The molecular weight excluding hydrogens is 290 g/mol. The van der Waals surface area contributed by atoms with Crippen molar-refractivity contribution in [2.45, 2.75) is 40.2 Å². The molecule has 0 heterocycles. The second-order valence-electron chi connectivity index (χ2n) is 4.89. The number of nitrogens with one attached hydrogen (secondary N) is 2. The molecule has 0 radical (unpaired) electrons. The van der Waals surface area contributed by atoms with Crippen LogP contribution in [0.2, 0.25) is 0 Å². The van der Waals surface area contributed by atoms with Gasteiger partial charge in [0.25, 0.3) is 11.6 Å². The Balaban J connectivity index is 0.00000211. The number of nitrogens with zero attached hydrogens (tertiary/aromatic N) is 1. The Kier molecular flexibility index (Phi) is 7.57. The summed E-state index contributed by atoms with van der Waals surface area (Å²) in [5.74, 6) is -0.681. The Bertz CT molecular complexity index is 538. The summed E-state index contributed by atoms with van der Waals surface area (Å²) in [6.45, 7) is 9.03. The van der Waals surface area contributed by atoms with Crippen LogP contribution in [0.25, 0.3) is 0 Å². The molecule has 8 heteroatoms. The largest absolute Gasteiger partial charge is 0.443 e. The van der Waals surface area contributed by atoms with Crippen molar-refractivity contribution in [1.29, 1.82) is 0 Å². The molecule has 22 heavy (non-hydrogen) atoms. The number of carbonyl (C=O) groups excluding carboxylic acids is 2. The topological polar surface area (TPSA) is 111 Å². The highest BCUT2D eigenvalue weighted by atomic mass is 16.6. The molecule has 1 aromatic rings. The molecule has 0 aliphatic heterocycles. The first-order valence-corrected chi connectivity index (χ1v) is 6.73. The molecule has 0 atom stereocenters. The van der Waals surface area contributed by atoms with Crippen LogP contribution in [-0.2, 0) is 4.74 Å². The maximum absolute atomic E-state index is 11.7. The third-order valence-electron chi connectivity index (χ3n) is 2.00. The SMILES string of the molecule is CC.CC(C)(C)OC(=O)NNC(=O)c1cccc([N+](=O)[O-])c1. The molecule has 0 bridgehead atoms. The normalized spacial score (nSPS) is 9.86. The molecule has 0 spiro atoms. The van der Waals surface area contributed by atoms with Gasteiger partial charge in [-0.3, -0.25) is 20.3 Å². The van der Waals surface area contributed by atoms with Crippen LogP contribution in [0.4, 0.5) is 10.5 Å². The summed E-state index contributed by atoms with van der Waals surface area (Å²) in [6.07, 6.45) is -0.823. The quantitative estimate of drug-likeness (QED) is 0.644. The van der Waals surface area contributed by atoms with Crippen LogP contribution < -0.4 is 10.9 Å². The summed E-state index contributed by atoms with van der Waals surface area (Å²) in [6, 6.07) is 5.13. The third-order valence-corrected chi connectivity index (χ3v) is 2.00. The Morgan fingerprint density at radius 1 is 1.18 bits per heavy atom. The van der Waals surface area contributed by atoms with Crippen LogP contribution in [0, 0.1) is 10.1 Å². The number of hydrogen-bond donors (Lipinski definition) is 2. The molecule has 0 fully saturated rings. The zero-order valence-corrected chi connectivity index (χ0v) is 13.3. The van der Waals surface area contributed by atoms with E-state index < -0.39 is 22.5 Å². The first-order chi connectivity index (χ1) is 10.2. The fourth-order valence-corrected chi connectivity index (χ4v) is 1.24. The van der Waals surface area contributed by atoms with Gasteiger partial charge in [-0.1, -0.05) is 19.9 Å². The molecule has 2 amide bonds. The number of amides is 2. The molecular formula is C14H21N3O5. The van der Waals surface area contributed by atoms with Gasteiger partial charge in [0.2, 0.25) is 0 Å². The number of benzene rings is 1. The standard InChI is InChI=1S/C12H15N3O5.C2H6/c1-12(2,3)20-11(17)14-13-10(16)8-5-4-6-9(7-8)15(18)19;1-2/h4-7H,1-3H3,(H,13,16)(H,14,17);1-2H3. The molecule has 1 rings (SSSR count). The summed E-state index contributed by atoms with van der Waals surface area (Å²) in [5.41, 5.74) is 3.30. The fraction of sp³-hybridized carbons (Fsp3) is 0.429. The van der Waals surface area contributed by atoms with E-state index in [0.717, 1.165) is 6.07 Å². The van der Waals surface area contributed by atoms with Gasteiger partial charge in [0.1, 0.15) is 5.60 Å². The van der Waals surface area contributed by atoms with Gasteiger partial charge in [-0.25, -0.2) is 10.2 Å².